The zero-order valence-electron chi connectivity index (χ0n) is 22.5. The smallest absolute Gasteiger partial charge is 0.244 e. The normalized spacial score (nSPS) is 15.1. The Morgan fingerprint density at radius 2 is 1.63 bits per heavy atom. The Morgan fingerprint density at radius 1 is 1.00 bits per heavy atom. The summed E-state index contributed by atoms with van der Waals surface area (Å²) in [4.78, 5) is 28.8. The van der Waals surface area contributed by atoms with Crippen molar-refractivity contribution in [3.63, 3.8) is 0 Å². The van der Waals surface area contributed by atoms with Gasteiger partial charge in [0, 0.05) is 12.6 Å². The van der Waals surface area contributed by atoms with Gasteiger partial charge in [-0.05, 0) is 74.1 Å². The van der Waals surface area contributed by atoms with Crippen molar-refractivity contribution >= 4 is 50.7 Å². The van der Waals surface area contributed by atoms with Crippen molar-refractivity contribution < 1.29 is 18.0 Å². The number of hydrogen-bond donors (Lipinski definition) is 1. The Kier molecular flexibility index (Phi) is 10.5. The molecule has 1 atom stereocenters. The molecule has 3 rings (SSSR count). The molecule has 1 aliphatic rings. The standard InChI is InChI=1S/C28H37Cl2N3O4S/c1-5-26(28(35)31-22-9-7-6-8-10-22)32(17-21-11-12-24(29)25(30)16-21)27(34)18-33(38(4,36)37)23-14-19(2)13-20(3)15-23/h11-16,22,26H,5-10,17-18H2,1-4H3,(H,31,35)/t26-/m0/s1. The maximum atomic E-state index is 13.9. The average molecular weight is 583 g/mol. The summed E-state index contributed by atoms with van der Waals surface area (Å²) >= 11 is 12.3. The predicted molar refractivity (Wildman–Crippen MR) is 154 cm³/mol. The van der Waals surface area contributed by atoms with E-state index in [2.05, 4.69) is 5.32 Å². The van der Waals surface area contributed by atoms with Crippen LogP contribution in [0.25, 0.3) is 0 Å². The number of rotatable bonds is 10. The second-order valence-corrected chi connectivity index (χ2v) is 12.9. The number of hydrogen-bond acceptors (Lipinski definition) is 4. The van der Waals surface area contributed by atoms with Crippen LogP contribution in [0.3, 0.4) is 0 Å². The number of sulfonamides is 1. The summed E-state index contributed by atoms with van der Waals surface area (Å²) in [5.74, 6) is -0.712. The second kappa shape index (κ2) is 13.2. The van der Waals surface area contributed by atoms with Gasteiger partial charge in [0.2, 0.25) is 21.8 Å². The van der Waals surface area contributed by atoms with Crippen molar-refractivity contribution in [2.24, 2.45) is 0 Å². The van der Waals surface area contributed by atoms with E-state index in [4.69, 9.17) is 23.2 Å². The van der Waals surface area contributed by atoms with Gasteiger partial charge in [-0.25, -0.2) is 8.42 Å². The van der Waals surface area contributed by atoms with E-state index < -0.39 is 28.5 Å². The molecular formula is C28H37Cl2N3O4S. The molecule has 10 heteroatoms. The van der Waals surface area contributed by atoms with Crippen LogP contribution in [0.4, 0.5) is 5.69 Å². The van der Waals surface area contributed by atoms with E-state index in [-0.39, 0.29) is 18.5 Å². The lowest BCUT2D eigenvalue weighted by atomic mass is 9.95. The van der Waals surface area contributed by atoms with Gasteiger partial charge in [-0.2, -0.15) is 0 Å². The fourth-order valence-electron chi connectivity index (χ4n) is 5.01. The lowest BCUT2D eigenvalue weighted by Gasteiger charge is -2.34. The number of aryl methyl sites for hydroxylation is 2. The summed E-state index contributed by atoms with van der Waals surface area (Å²) in [6, 6.07) is 9.76. The van der Waals surface area contributed by atoms with Crippen molar-refractivity contribution in [1.82, 2.24) is 10.2 Å². The zero-order chi connectivity index (χ0) is 28.0. The van der Waals surface area contributed by atoms with Gasteiger partial charge in [0.25, 0.3) is 0 Å². The summed E-state index contributed by atoms with van der Waals surface area (Å²) in [5, 5.41) is 3.85. The third kappa shape index (κ3) is 8.10. The highest BCUT2D eigenvalue weighted by atomic mass is 35.5. The third-order valence-corrected chi connectivity index (χ3v) is 8.73. The Hall–Kier alpha value is -2.29. The van der Waals surface area contributed by atoms with Crippen LogP contribution in [0.1, 0.15) is 62.1 Å². The summed E-state index contributed by atoms with van der Waals surface area (Å²) in [6.07, 6.45) is 6.56. The van der Waals surface area contributed by atoms with Crippen LogP contribution in [0.2, 0.25) is 10.0 Å². The second-order valence-electron chi connectivity index (χ2n) is 10.2. The van der Waals surface area contributed by atoms with Crippen LogP contribution in [-0.2, 0) is 26.2 Å². The number of halogens is 2. The minimum Gasteiger partial charge on any atom is -0.352 e. The molecule has 0 radical (unpaired) electrons. The number of carbonyl (C=O) groups is 2. The first-order valence-electron chi connectivity index (χ1n) is 13.0. The van der Waals surface area contributed by atoms with E-state index in [1.165, 1.54) is 4.90 Å². The van der Waals surface area contributed by atoms with Gasteiger partial charge in [0.1, 0.15) is 12.6 Å². The van der Waals surface area contributed by atoms with E-state index in [1.807, 2.05) is 26.8 Å². The van der Waals surface area contributed by atoms with E-state index in [0.29, 0.717) is 27.7 Å². The molecule has 2 amide bonds. The Bertz CT molecular complexity index is 1240. The highest BCUT2D eigenvalue weighted by molar-refractivity contribution is 7.92. The van der Waals surface area contributed by atoms with Crippen molar-refractivity contribution in [3.05, 3.63) is 63.1 Å². The van der Waals surface area contributed by atoms with Gasteiger partial charge in [0.15, 0.2) is 0 Å². The number of amides is 2. The maximum absolute atomic E-state index is 13.9. The molecule has 0 unspecified atom stereocenters. The first kappa shape index (κ1) is 30.3. The average Bonchev–Trinajstić information content (AvgIpc) is 2.83. The highest BCUT2D eigenvalue weighted by Gasteiger charge is 2.33. The SMILES string of the molecule is CC[C@@H](C(=O)NC1CCCCC1)N(Cc1ccc(Cl)c(Cl)c1)C(=O)CN(c1cc(C)cc(C)c1)S(C)(=O)=O. The van der Waals surface area contributed by atoms with Gasteiger partial charge in [0.05, 0.1) is 22.0 Å². The zero-order valence-corrected chi connectivity index (χ0v) is 24.8. The molecule has 0 saturated heterocycles. The number of anilines is 1. The third-order valence-electron chi connectivity index (χ3n) is 6.85. The molecule has 7 nitrogen and oxygen atoms in total. The summed E-state index contributed by atoms with van der Waals surface area (Å²) < 4.78 is 26.8. The lowest BCUT2D eigenvalue weighted by Crippen LogP contribution is -2.54. The van der Waals surface area contributed by atoms with Crippen LogP contribution in [0, 0.1) is 13.8 Å². The summed E-state index contributed by atoms with van der Waals surface area (Å²) in [5.41, 5.74) is 2.86. The van der Waals surface area contributed by atoms with Crippen LogP contribution in [0.15, 0.2) is 36.4 Å². The molecule has 38 heavy (non-hydrogen) atoms. The fourth-order valence-corrected chi connectivity index (χ4v) is 6.16. The van der Waals surface area contributed by atoms with Gasteiger partial charge in [-0.3, -0.25) is 13.9 Å². The van der Waals surface area contributed by atoms with Gasteiger partial charge >= 0.3 is 0 Å². The molecule has 0 aliphatic heterocycles. The number of benzene rings is 2. The molecule has 2 aromatic rings. The topological polar surface area (TPSA) is 86.8 Å². The van der Waals surface area contributed by atoms with Gasteiger partial charge in [-0.1, -0.05) is 61.5 Å². The van der Waals surface area contributed by atoms with Crippen LogP contribution < -0.4 is 9.62 Å². The lowest BCUT2D eigenvalue weighted by molar-refractivity contribution is -0.140. The molecule has 0 bridgehead atoms. The van der Waals surface area contributed by atoms with Crippen molar-refractivity contribution in [2.45, 2.75) is 77.9 Å². The van der Waals surface area contributed by atoms with Crippen LogP contribution >= 0.6 is 23.2 Å². The molecule has 1 aliphatic carbocycles. The first-order valence-corrected chi connectivity index (χ1v) is 15.6. The fraction of sp³-hybridized carbons (Fsp3) is 0.500. The van der Waals surface area contributed by atoms with E-state index in [9.17, 15) is 18.0 Å². The number of nitrogens with one attached hydrogen (secondary N) is 1. The maximum Gasteiger partial charge on any atom is 0.244 e. The highest BCUT2D eigenvalue weighted by Crippen LogP contribution is 2.26. The predicted octanol–water partition coefficient (Wildman–Crippen LogP) is 5.63. The molecule has 2 aromatic carbocycles. The number of nitrogens with zero attached hydrogens (tertiary/aromatic N) is 2. The summed E-state index contributed by atoms with van der Waals surface area (Å²) in [6.45, 7) is 5.24. The minimum atomic E-state index is -3.79. The largest absolute Gasteiger partial charge is 0.352 e. The molecule has 1 saturated carbocycles. The van der Waals surface area contributed by atoms with Crippen molar-refractivity contribution in [1.29, 1.82) is 0 Å². The van der Waals surface area contributed by atoms with Crippen molar-refractivity contribution in [2.75, 3.05) is 17.1 Å². The van der Waals surface area contributed by atoms with Crippen LogP contribution in [-0.4, -0.2) is 50.0 Å². The number of carbonyl (C=O) groups excluding carboxylic acids is 2. The molecular weight excluding hydrogens is 545 g/mol. The monoisotopic (exact) mass is 581 g/mol. The van der Waals surface area contributed by atoms with Crippen LogP contribution in [0.5, 0.6) is 0 Å². The Labute approximate surface area is 236 Å². The quantitative estimate of drug-likeness (QED) is 0.393. The first-order chi connectivity index (χ1) is 17.9. The molecule has 0 heterocycles. The Morgan fingerprint density at radius 3 is 2.18 bits per heavy atom. The Balaban J connectivity index is 1.95. The minimum absolute atomic E-state index is 0.0787. The van der Waals surface area contributed by atoms with E-state index in [1.54, 1.807) is 30.3 Å². The summed E-state index contributed by atoms with van der Waals surface area (Å²) in [7, 11) is -3.79. The van der Waals surface area contributed by atoms with Crippen molar-refractivity contribution in [3.8, 4) is 0 Å². The molecule has 208 valence electrons. The van der Waals surface area contributed by atoms with Gasteiger partial charge < -0.3 is 10.2 Å². The van der Waals surface area contributed by atoms with Gasteiger partial charge in [-0.15, -0.1) is 0 Å². The molecule has 1 fully saturated rings. The van der Waals surface area contributed by atoms with E-state index in [0.717, 1.165) is 53.8 Å². The molecule has 1 N–H and O–H groups in total. The molecule has 0 aromatic heterocycles. The van der Waals surface area contributed by atoms with E-state index >= 15 is 0 Å². The molecule has 0 spiro atoms.